The topological polar surface area (TPSA) is 74.4 Å². The monoisotopic (exact) mass is 128 g/mol. The molecular weight excluding hydrogens is 120 g/mol. The van der Waals surface area contributed by atoms with E-state index in [4.69, 9.17) is 16.0 Å². The molecule has 0 unspecified atom stereocenters. The molecule has 0 spiro atoms. The number of nitrogen functional groups attached to an aromatic ring is 1. The Morgan fingerprint density at radius 1 is 1.56 bits per heavy atom. The van der Waals surface area contributed by atoms with Gasteiger partial charge in [0.2, 0.25) is 0 Å². The van der Waals surface area contributed by atoms with Gasteiger partial charge in [-0.1, -0.05) is 0 Å². The van der Waals surface area contributed by atoms with Crippen LogP contribution in [0.4, 0.5) is 5.88 Å². The van der Waals surface area contributed by atoms with E-state index < -0.39 is 0 Å². The second-order valence-corrected chi connectivity index (χ2v) is 1.62. The van der Waals surface area contributed by atoms with E-state index >= 15 is 0 Å². The molecule has 0 aliphatic rings. The second kappa shape index (κ2) is 2.52. The van der Waals surface area contributed by atoms with Crippen LogP contribution in [0, 0.1) is 0 Å². The number of nitrogens with two attached hydrogens (primary N) is 2. The van der Waals surface area contributed by atoms with Crippen molar-refractivity contribution >= 4 is 5.88 Å². The van der Waals surface area contributed by atoms with E-state index in [-0.39, 0.29) is 6.61 Å². The fraction of sp³-hybridized carbons (Fsp3) is 0.200. The fourth-order valence-corrected chi connectivity index (χ4v) is 0.554. The lowest BCUT2D eigenvalue weighted by molar-refractivity contribution is 0.109. The molecule has 0 saturated carbocycles. The Bertz CT molecular complexity index is 185. The predicted molar refractivity (Wildman–Crippen MR) is 32.1 cm³/mol. The molecule has 1 aromatic rings. The van der Waals surface area contributed by atoms with Crippen LogP contribution in [0.25, 0.3) is 0 Å². The van der Waals surface area contributed by atoms with Crippen LogP contribution in [0.1, 0.15) is 5.76 Å². The smallest absolute Gasteiger partial charge is 0.190 e. The molecule has 4 N–H and O–H groups in total. The summed E-state index contributed by atoms with van der Waals surface area (Å²) in [7, 11) is 0. The summed E-state index contributed by atoms with van der Waals surface area (Å²) in [5, 5.41) is 0. The third kappa shape index (κ3) is 1.45. The zero-order chi connectivity index (χ0) is 6.69. The fourth-order valence-electron chi connectivity index (χ4n) is 0.554. The van der Waals surface area contributed by atoms with E-state index in [9.17, 15) is 0 Å². The van der Waals surface area contributed by atoms with Gasteiger partial charge >= 0.3 is 0 Å². The normalized spacial score (nSPS) is 9.89. The maximum Gasteiger partial charge on any atom is 0.190 e. The molecule has 4 nitrogen and oxygen atoms in total. The largest absolute Gasteiger partial charge is 0.443 e. The van der Waals surface area contributed by atoms with Crippen LogP contribution < -0.4 is 11.6 Å². The van der Waals surface area contributed by atoms with Crippen LogP contribution in [-0.2, 0) is 11.4 Å². The van der Waals surface area contributed by atoms with Crippen LogP contribution >= 0.6 is 0 Å². The lowest BCUT2D eigenvalue weighted by Crippen LogP contribution is -1.97. The van der Waals surface area contributed by atoms with Crippen LogP contribution in [0.15, 0.2) is 16.5 Å². The molecule has 1 aromatic heterocycles. The number of hydrogen-bond donors (Lipinski definition) is 2. The Hall–Kier alpha value is -1.00. The highest BCUT2D eigenvalue weighted by Crippen LogP contribution is 2.08. The minimum atomic E-state index is 0.261. The zero-order valence-corrected chi connectivity index (χ0v) is 4.83. The minimum Gasteiger partial charge on any atom is -0.443 e. The van der Waals surface area contributed by atoms with E-state index in [1.807, 2.05) is 0 Å². The van der Waals surface area contributed by atoms with E-state index in [2.05, 4.69) is 4.84 Å². The molecule has 4 heteroatoms. The Morgan fingerprint density at radius 3 is 2.78 bits per heavy atom. The molecule has 0 aliphatic carbocycles. The highest BCUT2D eigenvalue weighted by Gasteiger charge is 1.95. The van der Waals surface area contributed by atoms with Gasteiger partial charge in [-0.2, -0.15) is 0 Å². The summed E-state index contributed by atoms with van der Waals surface area (Å²) in [5.74, 6) is 5.78. The van der Waals surface area contributed by atoms with E-state index in [0.29, 0.717) is 11.6 Å². The van der Waals surface area contributed by atoms with Crippen LogP contribution in [0.2, 0.25) is 0 Å². The van der Waals surface area contributed by atoms with Gasteiger partial charge in [0.05, 0.1) is 0 Å². The molecule has 1 heterocycles. The van der Waals surface area contributed by atoms with Gasteiger partial charge in [-0.15, -0.1) is 0 Å². The van der Waals surface area contributed by atoms with Gasteiger partial charge in [0.15, 0.2) is 5.88 Å². The number of anilines is 1. The summed E-state index contributed by atoms with van der Waals surface area (Å²) in [6, 6.07) is 3.36. The van der Waals surface area contributed by atoms with Crippen molar-refractivity contribution in [1.82, 2.24) is 0 Å². The van der Waals surface area contributed by atoms with Crippen molar-refractivity contribution in [3.05, 3.63) is 17.9 Å². The van der Waals surface area contributed by atoms with Gasteiger partial charge in [0.1, 0.15) is 12.4 Å². The van der Waals surface area contributed by atoms with Crippen molar-refractivity contribution in [1.29, 1.82) is 0 Å². The van der Waals surface area contributed by atoms with E-state index in [1.165, 1.54) is 0 Å². The summed E-state index contributed by atoms with van der Waals surface area (Å²) in [5.41, 5.74) is 5.25. The van der Waals surface area contributed by atoms with Crippen molar-refractivity contribution in [2.45, 2.75) is 6.61 Å². The van der Waals surface area contributed by atoms with Crippen LogP contribution in [-0.4, -0.2) is 0 Å². The molecule has 0 fully saturated rings. The highest BCUT2D eigenvalue weighted by molar-refractivity contribution is 5.24. The summed E-state index contributed by atoms with van der Waals surface area (Å²) < 4.78 is 4.90. The average molecular weight is 128 g/mol. The Labute approximate surface area is 52.3 Å². The van der Waals surface area contributed by atoms with Crippen molar-refractivity contribution in [3.63, 3.8) is 0 Å². The molecule has 0 amide bonds. The Balaban J connectivity index is 2.61. The predicted octanol–water partition coefficient (Wildman–Crippen LogP) is 0.252. The van der Waals surface area contributed by atoms with E-state index in [1.54, 1.807) is 12.1 Å². The van der Waals surface area contributed by atoms with Crippen molar-refractivity contribution < 1.29 is 9.25 Å². The van der Waals surface area contributed by atoms with Crippen molar-refractivity contribution in [2.75, 3.05) is 5.73 Å². The van der Waals surface area contributed by atoms with Gasteiger partial charge in [-0.3, -0.25) is 4.84 Å². The molecule has 0 aromatic carbocycles. The first kappa shape index (κ1) is 6.12. The molecule has 0 radical (unpaired) electrons. The first-order valence-electron chi connectivity index (χ1n) is 2.49. The van der Waals surface area contributed by atoms with Gasteiger partial charge in [0, 0.05) is 6.07 Å². The molecule has 1 rings (SSSR count). The lowest BCUT2D eigenvalue weighted by Gasteiger charge is -1.89. The average Bonchev–Trinajstić information content (AvgIpc) is 2.17. The maximum absolute atomic E-state index is 5.25. The third-order valence-electron chi connectivity index (χ3n) is 0.908. The lowest BCUT2D eigenvalue weighted by atomic mass is 10.5. The summed E-state index contributed by atoms with van der Waals surface area (Å²) in [6.45, 7) is 0.261. The first-order chi connectivity index (χ1) is 4.33. The van der Waals surface area contributed by atoms with Gasteiger partial charge in [-0.05, 0) is 6.07 Å². The SMILES string of the molecule is NOCc1ccc(N)o1. The van der Waals surface area contributed by atoms with Crippen molar-refractivity contribution in [2.24, 2.45) is 5.90 Å². The summed E-state index contributed by atoms with van der Waals surface area (Å²) in [6.07, 6.45) is 0. The van der Waals surface area contributed by atoms with Crippen LogP contribution in [0.5, 0.6) is 0 Å². The van der Waals surface area contributed by atoms with Gasteiger partial charge in [-0.25, -0.2) is 5.90 Å². The first-order valence-corrected chi connectivity index (χ1v) is 2.49. The molecular formula is C5H8N2O2. The molecule has 9 heavy (non-hydrogen) atoms. The number of rotatable bonds is 2. The summed E-state index contributed by atoms with van der Waals surface area (Å²) >= 11 is 0. The molecule has 0 aliphatic heterocycles. The Morgan fingerprint density at radius 2 is 2.33 bits per heavy atom. The second-order valence-electron chi connectivity index (χ2n) is 1.62. The highest BCUT2D eigenvalue weighted by atomic mass is 16.6. The minimum absolute atomic E-state index is 0.261. The quantitative estimate of drug-likeness (QED) is 0.560. The maximum atomic E-state index is 5.25. The van der Waals surface area contributed by atoms with Gasteiger partial charge in [0.25, 0.3) is 0 Å². The van der Waals surface area contributed by atoms with Crippen molar-refractivity contribution in [3.8, 4) is 0 Å². The van der Waals surface area contributed by atoms with Gasteiger partial charge < -0.3 is 10.2 Å². The molecule has 50 valence electrons. The van der Waals surface area contributed by atoms with E-state index in [0.717, 1.165) is 0 Å². The Kier molecular flexibility index (Phi) is 1.72. The molecule has 0 bridgehead atoms. The number of furan rings is 1. The third-order valence-corrected chi connectivity index (χ3v) is 0.908. The zero-order valence-electron chi connectivity index (χ0n) is 4.83. The summed E-state index contributed by atoms with van der Waals surface area (Å²) in [4.78, 5) is 4.29. The number of hydrogen-bond acceptors (Lipinski definition) is 4. The van der Waals surface area contributed by atoms with Crippen LogP contribution in [0.3, 0.4) is 0 Å². The molecule has 0 atom stereocenters. The molecule has 0 saturated heterocycles. The standard InChI is InChI=1S/C5H8N2O2/c6-5-2-1-4(9-5)3-8-7/h1-2H,3,6-7H2.